The van der Waals surface area contributed by atoms with E-state index in [1.54, 1.807) is 0 Å². The van der Waals surface area contributed by atoms with Crippen molar-refractivity contribution in [3.63, 3.8) is 0 Å². The molecule has 1 rings (SSSR count). The molecule has 1 aliphatic heterocycles. The minimum Gasteiger partial charge on any atom is -0.310 e. The van der Waals surface area contributed by atoms with Crippen LogP contribution in [0.15, 0.2) is 0 Å². The molecule has 0 unspecified atom stereocenters. The average Bonchev–Trinajstić information content (AvgIpc) is 1.64. The minimum absolute atomic E-state index is 0.726. The Labute approximate surface area is 55.2 Å². The molecule has 1 N–H and O–H groups in total. The van der Waals surface area contributed by atoms with Gasteiger partial charge in [0.25, 0.3) is 0 Å². The zero-order chi connectivity index (χ0) is 5.98. The van der Waals surface area contributed by atoms with Gasteiger partial charge < -0.3 is 5.32 Å². The maximum atomic E-state index is 3.46. The summed E-state index contributed by atoms with van der Waals surface area (Å²) in [6.07, 6.45) is 0. The van der Waals surface area contributed by atoms with E-state index in [0.717, 1.165) is 12.1 Å². The Morgan fingerprint density at radius 2 is 1.75 bits per heavy atom. The van der Waals surface area contributed by atoms with Crippen LogP contribution in [0.4, 0.5) is 0 Å². The Kier molecular flexibility index (Phi) is 2.20. The van der Waals surface area contributed by atoms with E-state index in [2.05, 4.69) is 19.2 Å². The van der Waals surface area contributed by atoms with Crippen molar-refractivity contribution in [2.75, 3.05) is 11.5 Å². The number of rotatable bonds is 0. The van der Waals surface area contributed by atoms with Crippen molar-refractivity contribution in [2.24, 2.45) is 0 Å². The number of hydrogen-bond acceptors (Lipinski definition) is 2. The van der Waals surface area contributed by atoms with Gasteiger partial charge in [0, 0.05) is 23.6 Å². The molecule has 0 aromatic carbocycles. The Hall–Kier alpha value is 0.310. The van der Waals surface area contributed by atoms with E-state index < -0.39 is 0 Å². The van der Waals surface area contributed by atoms with Crippen molar-refractivity contribution in [3.8, 4) is 0 Å². The molecule has 1 aliphatic rings. The molecule has 8 heavy (non-hydrogen) atoms. The smallest absolute Gasteiger partial charge is 0.0132 e. The predicted molar refractivity (Wildman–Crippen MR) is 39.4 cm³/mol. The van der Waals surface area contributed by atoms with Gasteiger partial charge in [-0.15, -0.1) is 0 Å². The highest BCUT2D eigenvalue weighted by Gasteiger charge is 2.12. The van der Waals surface area contributed by atoms with Crippen LogP contribution in [0.3, 0.4) is 0 Å². The highest BCUT2D eigenvalue weighted by molar-refractivity contribution is 7.99. The van der Waals surface area contributed by atoms with E-state index in [0.29, 0.717) is 0 Å². The Morgan fingerprint density at radius 3 is 2.00 bits per heavy atom. The molecule has 0 aromatic rings. The number of nitrogens with one attached hydrogen (secondary N) is 1. The van der Waals surface area contributed by atoms with Crippen molar-refractivity contribution in [3.05, 3.63) is 0 Å². The van der Waals surface area contributed by atoms with Gasteiger partial charge in [0.05, 0.1) is 0 Å². The minimum atomic E-state index is 0.726. The van der Waals surface area contributed by atoms with E-state index in [1.165, 1.54) is 11.5 Å². The fraction of sp³-hybridized carbons (Fsp3) is 1.00. The number of hydrogen-bond donors (Lipinski definition) is 1. The van der Waals surface area contributed by atoms with Crippen molar-refractivity contribution < 1.29 is 0 Å². The van der Waals surface area contributed by atoms with Gasteiger partial charge in [0.1, 0.15) is 0 Å². The lowest BCUT2D eigenvalue weighted by Gasteiger charge is -2.24. The molecule has 0 spiro atoms. The average molecular weight is 131 g/mol. The summed E-state index contributed by atoms with van der Waals surface area (Å²) in [4.78, 5) is 0. The first-order chi connectivity index (χ1) is 3.79. The zero-order valence-electron chi connectivity index (χ0n) is 5.48. The summed E-state index contributed by atoms with van der Waals surface area (Å²) < 4.78 is 0. The lowest BCUT2D eigenvalue weighted by atomic mass is 10.3. The van der Waals surface area contributed by atoms with Crippen LogP contribution in [0.2, 0.25) is 0 Å². The van der Waals surface area contributed by atoms with Crippen molar-refractivity contribution in [1.82, 2.24) is 5.32 Å². The van der Waals surface area contributed by atoms with Gasteiger partial charge in [0.15, 0.2) is 0 Å². The van der Waals surface area contributed by atoms with Gasteiger partial charge in [-0.25, -0.2) is 0 Å². The molecule has 48 valence electrons. The fourth-order valence-corrected chi connectivity index (χ4v) is 2.04. The molecule has 0 aromatic heterocycles. The molecular weight excluding hydrogens is 118 g/mol. The summed E-state index contributed by atoms with van der Waals surface area (Å²) in [6.45, 7) is 4.48. The van der Waals surface area contributed by atoms with Gasteiger partial charge in [-0.2, -0.15) is 11.8 Å². The highest BCUT2D eigenvalue weighted by atomic mass is 32.2. The quantitative estimate of drug-likeness (QED) is 0.528. The lowest BCUT2D eigenvalue weighted by Crippen LogP contribution is -2.41. The highest BCUT2D eigenvalue weighted by Crippen LogP contribution is 2.10. The lowest BCUT2D eigenvalue weighted by molar-refractivity contribution is 0.514. The van der Waals surface area contributed by atoms with E-state index in [-0.39, 0.29) is 0 Å². The second kappa shape index (κ2) is 2.74. The Bertz CT molecular complexity index is 66.9. The SMILES string of the molecule is C[C@@H]1CSC[C@@H](C)N1. The van der Waals surface area contributed by atoms with Gasteiger partial charge >= 0.3 is 0 Å². The Morgan fingerprint density at radius 1 is 1.25 bits per heavy atom. The number of thioether (sulfide) groups is 1. The predicted octanol–water partition coefficient (Wildman–Crippen LogP) is 1.10. The van der Waals surface area contributed by atoms with Gasteiger partial charge in [0.2, 0.25) is 0 Å². The van der Waals surface area contributed by atoms with Crippen LogP contribution in [0.25, 0.3) is 0 Å². The molecule has 2 atom stereocenters. The summed E-state index contributed by atoms with van der Waals surface area (Å²) in [5, 5.41) is 3.46. The first-order valence-electron chi connectivity index (χ1n) is 3.13. The first-order valence-corrected chi connectivity index (χ1v) is 4.28. The van der Waals surface area contributed by atoms with Crippen LogP contribution in [0, 0.1) is 0 Å². The molecule has 0 saturated carbocycles. The molecule has 1 fully saturated rings. The van der Waals surface area contributed by atoms with Crippen LogP contribution in [-0.2, 0) is 0 Å². The maximum Gasteiger partial charge on any atom is 0.0132 e. The van der Waals surface area contributed by atoms with Crippen molar-refractivity contribution >= 4 is 11.8 Å². The zero-order valence-corrected chi connectivity index (χ0v) is 6.29. The van der Waals surface area contributed by atoms with Crippen molar-refractivity contribution in [1.29, 1.82) is 0 Å². The molecule has 1 heterocycles. The van der Waals surface area contributed by atoms with Crippen LogP contribution >= 0.6 is 11.8 Å². The molecule has 1 nitrogen and oxygen atoms in total. The van der Waals surface area contributed by atoms with E-state index >= 15 is 0 Å². The third-order valence-corrected chi connectivity index (χ3v) is 2.78. The summed E-state index contributed by atoms with van der Waals surface area (Å²) in [6, 6.07) is 1.45. The van der Waals surface area contributed by atoms with Gasteiger partial charge in [-0.05, 0) is 13.8 Å². The molecule has 0 amide bonds. The third-order valence-electron chi connectivity index (χ3n) is 1.30. The van der Waals surface area contributed by atoms with E-state index in [9.17, 15) is 0 Å². The Balaban J connectivity index is 2.23. The summed E-state index contributed by atoms with van der Waals surface area (Å²) in [5.41, 5.74) is 0. The van der Waals surface area contributed by atoms with Crippen molar-refractivity contribution in [2.45, 2.75) is 25.9 Å². The molecule has 0 aliphatic carbocycles. The molecule has 0 radical (unpaired) electrons. The van der Waals surface area contributed by atoms with Crippen LogP contribution in [0.5, 0.6) is 0 Å². The van der Waals surface area contributed by atoms with E-state index in [1.807, 2.05) is 11.8 Å². The molecule has 0 bridgehead atoms. The summed E-state index contributed by atoms with van der Waals surface area (Å²) in [7, 11) is 0. The van der Waals surface area contributed by atoms with E-state index in [4.69, 9.17) is 0 Å². The third kappa shape index (κ3) is 1.67. The first kappa shape index (κ1) is 6.43. The summed E-state index contributed by atoms with van der Waals surface area (Å²) >= 11 is 2.05. The van der Waals surface area contributed by atoms with Gasteiger partial charge in [-0.1, -0.05) is 0 Å². The second-order valence-corrected chi connectivity index (χ2v) is 3.58. The monoisotopic (exact) mass is 131 g/mol. The van der Waals surface area contributed by atoms with Crippen LogP contribution < -0.4 is 5.32 Å². The maximum absolute atomic E-state index is 3.46. The van der Waals surface area contributed by atoms with Gasteiger partial charge in [-0.3, -0.25) is 0 Å². The largest absolute Gasteiger partial charge is 0.310 e. The molecular formula is C6H13NS. The molecule has 2 heteroatoms. The summed E-state index contributed by atoms with van der Waals surface area (Å²) in [5.74, 6) is 2.56. The van der Waals surface area contributed by atoms with Crippen LogP contribution in [0.1, 0.15) is 13.8 Å². The fourth-order valence-electron chi connectivity index (χ4n) is 1.00. The van der Waals surface area contributed by atoms with Crippen LogP contribution in [-0.4, -0.2) is 23.6 Å². The standard InChI is InChI=1S/C6H13NS/c1-5-3-8-4-6(2)7-5/h5-7H,3-4H2,1-2H3/t5-,6-/m1/s1. The topological polar surface area (TPSA) is 12.0 Å². The molecule has 1 saturated heterocycles. The second-order valence-electron chi connectivity index (χ2n) is 2.51. The normalized spacial score (nSPS) is 39.8.